The van der Waals surface area contributed by atoms with E-state index < -0.39 is 0 Å². The Hall–Kier alpha value is -6.65. The normalized spacial score (nSPS) is 11.3. The lowest BCUT2D eigenvalue weighted by Gasteiger charge is -2.11. The number of hydrogen-bond donors (Lipinski definition) is 0. The first kappa shape index (κ1) is 28.6. The van der Waals surface area contributed by atoms with E-state index in [-0.39, 0.29) is 0 Å². The zero-order chi connectivity index (χ0) is 32.6. The van der Waals surface area contributed by atoms with Crippen molar-refractivity contribution >= 4 is 21.9 Å². The van der Waals surface area contributed by atoms with Crippen molar-refractivity contribution in [2.24, 2.45) is 0 Å². The fourth-order valence-electron chi connectivity index (χ4n) is 6.49. The predicted molar refractivity (Wildman–Crippen MR) is 200 cm³/mol. The van der Waals surface area contributed by atoms with Gasteiger partial charge in [-0.2, -0.15) is 0 Å². The van der Waals surface area contributed by atoms with Crippen LogP contribution in [0.5, 0.6) is 0 Å². The monoisotopic (exact) mass is 627 g/mol. The van der Waals surface area contributed by atoms with Crippen molar-refractivity contribution in [1.29, 1.82) is 0 Å². The lowest BCUT2D eigenvalue weighted by molar-refractivity contribution is 0.670. The molecular weight excluding hydrogens is 599 g/mol. The molecular formula is C45H29N3O. The lowest BCUT2D eigenvalue weighted by atomic mass is 9.99. The molecule has 0 bridgehead atoms. The molecule has 0 aliphatic heterocycles. The van der Waals surface area contributed by atoms with Gasteiger partial charge >= 0.3 is 0 Å². The summed E-state index contributed by atoms with van der Waals surface area (Å²) in [6, 6.07) is 56.7. The Morgan fingerprint density at radius 3 is 1.55 bits per heavy atom. The van der Waals surface area contributed by atoms with Gasteiger partial charge in [0.15, 0.2) is 5.82 Å². The number of hydrogen-bond acceptors (Lipinski definition) is 4. The average molecular weight is 628 g/mol. The fraction of sp³-hybridized carbons (Fsp3) is 0. The topological polar surface area (TPSA) is 51.8 Å². The van der Waals surface area contributed by atoms with Crippen LogP contribution in [0.15, 0.2) is 181 Å². The van der Waals surface area contributed by atoms with Crippen LogP contribution in [0.4, 0.5) is 0 Å². The molecule has 0 aliphatic rings. The molecule has 0 N–H and O–H groups in total. The first-order valence-corrected chi connectivity index (χ1v) is 16.3. The Morgan fingerprint density at radius 2 is 0.878 bits per heavy atom. The highest BCUT2D eigenvalue weighted by atomic mass is 16.3. The van der Waals surface area contributed by atoms with Crippen LogP contribution in [0, 0.1) is 0 Å². The summed E-state index contributed by atoms with van der Waals surface area (Å²) in [7, 11) is 0. The SMILES string of the molecule is c1ccc(-c2ccc(-c3cc(-c4ccc(-c5cccc6c5oc5ccccc56)cc4)nc(-c4ccc(-c5ccncc5)cc4)n3)cc2)cc1. The molecule has 3 heterocycles. The zero-order valence-corrected chi connectivity index (χ0v) is 26.5. The standard InChI is InChI=1S/C45H29N3O/c1-2-7-30(8-3-1)31-13-19-35(20-14-31)41-29-42(48-45(47-41)37-23-15-32(16-24-37)33-25-27-46-28-26-33)36-21-17-34(18-22-36)38-10-6-11-40-39-9-4-5-12-43(39)49-44(38)40/h1-29H. The minimum atomic E-state index is 0.678. The minimum absolute atomic E-state index is 0.678. The molecule has 49 heavy (non-hydrogen) atoms. The minimum Gasteiger partial charge on any atom is -0.455 e. The molecule has 0 amide bonds. The average Bonchev–Trinajstić information content (AvgIpc) is 3.58. The summed E-state index contributed by atoms with van der Waals surface area (Å²) in [5.74, 6) is 0.678. The second kappa shape index (κ2) is 12.2. The van der Waals surface area contributed by atoms with Crippen molar-refractivity contribution in [2.75, 3.05) is 0 Å². The van der Waals surface area contributed by atoms with Gasteiger partial charge in [-0.15, -0.1) is 0 Å². The van der Waals surface area contributed by atoms with Crippen molar-refractivity contribution in [2.45, 2.75) is 0 Å². The van der Waals surface area contributed by atoms with E-state index >= 15 is 0 Å². The summed E-state index contributed by atoms with van der Waals surface area (Å²) in [6.45, 7) is 0. The van der Waals surface area contributed by atoms with Crippen molar-refractivity contribution in [3.05, 3.63) is 176 Å². The number of pyridine rings is 1. The molecule has 0 aliphatic carbocycles. The second-order valence-electron chi connectivity index (χ2n) is 12.1. The molecule has 3 aromatic heterocycles. The Morgan fingerprint density at radius 1 is 0.367 bits per heavy atom. The number of fused-ring (bicyclic) bond motifs is 3. The number of rotatable bonds is 6. The number of para-hydroxylation sites is 2. The highest BCUT2D eigenvalue weighted by Gasteiger charge is 2.14. The van der Waals surface area contributed by atoms with E-state index in [1.54, 1.807) is 0 Å². The van der Waals surface area contributed by atoms with Gasteiger partial charge in [-0.1, -0.05) is 140 Å². The maximum atomic E-state index is 6.33. The van der Waals surface area contributed by atoms with E-state index in [0.717, 1.165) is 72.3 Å². The van der Waals surface area contributed by atoms with Crippen LogP contribution in [-0.2, 0) is 0 Å². The van der Waals surface area contributed by atoms with Gasteiger partial charge in [-0.3, -0.25) is 4.98 Å². The molecule has 0 fully saturated rings. The summed E-state index contributed by atoms with van der Waals surface area (Å²) in [5.41, 5.74) is 13.3. The van der Waals surface area contributed by atoms with Crippen LogP contribution < -0.4 is 0 Å². The van der Waals surface area contributed by atoms with Gasteiger partial charge in [0, 0.05) is 45.4 Å². The third-order valence-corrected chi connectivity index (χ3v) is 9.07. The Bertz CT molecular complexity index is 2460. The molecule has 230 valence electrons. The van der Waals surface area contributed by atoms with Crippen LogP contribution in [0.25, 0.3) is 89.2 Å². The Kier molecular flexibility index (Phi) is 7.10. The van der Waals surface area contributed by atoms with E-state index in [4.69, 9.17) is 14.4 Å². The highest BCUT2D eigenvalue weighted by Crippen LogP contribution is 2.37. The first-order valence-electron chi connectivity index (χ1n) is 16.3. The molecule has 6 aromatic carbocycles. The number of furan rings is 1. The molecule has 0 unspecified atom stereocenters. The van der Waals surface area contributed by atoms with Gasteiger partial charge in [-0.25, -0.2) is 9.97 Å². The van der Waals surface area contributed by atoms with Gasteiger partial charge in [0.1, 0.15) is 11.2 Å². The fourth-order valence-corrected chi connectivity index (χ4v) is 6.49. The van der Waals surface area contributed by atoms with Crippen molar-refractivity contribution < 1.29 is 4.42 Å². The van der Waals surface area contributed by atoms with E-state index in [2.05, 4.69) is 138 Å². The van der Waals surface area contributed by atoms with Crippen LogP contribution in [0.1, 0.15) is 0 Å². The van der Waals surface area contributed by atoms with Gasteiger partial charge < -0.3 is 4.42 Å². The zero-order valence-electron chi connectivity index (χ0n) is 26.5. The quantitative estimate of drug-likeness (QED) is 0.184. The molecule has 4 nitrogen and oxygen atoms in total. The van der Waals surface area contributed by atoms with Crippen LogP contribution >= 0.6 is 0 Å². The molecule has 0 atom stereocenters. The summed E-state index contributed by atoms with van der Waals surface area (Å²) in [4.78, 5) is 14.4. The molecule has 4 heteroatoms. The predicted octanol–water partition coefficient (Wildman–Crippen LogP) is 11.8. The molecule has 0 saturated heterocycles. The third-order valence-electron chi connectivity index (χ3n) is 9.07. The maximum absolute atomic E-state index is 6.33. The van der Waals surface area contributed by atoms with Crippen molar-refractivity contribution in [1.82, 2.24) is 15.0 Å². The summed E-state index contributed by atoms with van der Waals surface area (Å²) >= 11 is 0. The van der Waals surface area contributed by atoms with E-state index in [9.17, 15) is 0 Å². The van der Waals surface area contributed by atoms with Crippen molar-refractivity contribution in [3.8, 4) is 67.3 Å². The van der Waals surface area contributed by atoms with E-state index in [1.807, 2.05) is 42.7 Å². The van der Waals surface area contributed by atoms with Crippen LogP contribution in [0.3, 0.4) is 0 Å². The van der Waals surface area contributed by atoms with Gasteiger partial charge in [0.25, 0.3) is 0 Å². The van der Waals surface area contributed by atoms with Crippen LogP contribution in [-0.4, -0.2) is 15.0 Å². The number of benzene rings is 6. The van der Waals surface area contributed by atoms with Gasteiger partial charge in [0.05, 0.1) is 11.4 Å². The molecule has 0 spiro atoms. The Labute approximate surface area is 284 Å². The maximum Gasteiger partial charge on any atom is 0.160 e. The lowest BCUT2D eigenvalue weighted by Crippen LogP contribution is -1.96. The Balaban J connectivity index is 1.12. The smallest absolute Gasteiger partial charge is 0.160 e. The van der Waals surface area contributed by atoms with Gasteiger partial charge in [-0.05, 0) is 52.1 Å². The first-order chi connectivity index (χ1) is 24.3. The highest BCUT2D eigenvalue weighted by molar-refractivity contribution is 6.09. The molecule has 0 saturated carbocycles. The number of nitrogens with zero attached hydrogens (tertiary/aromatic N) is 3. The second-order valence-corrected chi connectivity index (χ2v) is 12.1. The largest absolute Gasteiger partial charge is 0.455 e. The van der Waals surface area contributed by atoms with Gasteiger partial charge in [0.2, 0.25) is 0 Å². The molecule has 9 aromatic rings. The van der Waals surface area contributed by atoms with E-state index in [1.165, 1.54) is 11.1 Å². The molecule has 0 radical (unpaired) electrons. The summed E-state index contributed by atoms with van der Waals surface area (Å²) < 4.78 is 6.33. The van der Waals surface area contributed by atoms with Crippen molar-refractivity contribution in [3.63, 3.8) is 0 Å². The molecule has 9 rings (SSSR count). The van der Waals surface area contributed by atoms with E-state index in [0.29, 0.717) is 5.82 Å². The summed E-state index contributed by atoms with van der Waals surface area (Å²) in [5, 5.41) is 2.25. The number of aromatic nitrogens is 3. The van der Waals surface area contributed by atoms with Crippen LogP contribution in [0.2, 0.25) is 0 Å². The third kappa shape index (κ3) is 5.45. The summed E-state index contributed by atoms with van der Waals surface area (Å²) in [6.07, 6.45) is 3.63.